The van der Waals surface area contributed by atoms with Gasteiger partial charge in [-0.2, -0.15) is 0 Å². The molecule has 1 aliphatic heterocycles. The van der Waals surface area contributed by atoms with Gasteiger partial charge in [0.05, 0.1) is 6.61 Å². The summed E-state index contributed by atoms with van der Waals surface area (Å²) in [7, 11) is 0. The highest BCUT2D eigenvalue weighted by Gasteiger charge is 2.25. The fourth-order valence-electron chi connectivity index (χ4n) is 3.61. The van der Waals surface area contributed by atoms with Crippen LogP contribution in [0.3, 0.4) is 0 Å². The Morgan fingerprint density at radius 1 is 1.03 bits per heavy atom. The van der Waals surface area contributed by atoms with Crippen LogP contribution in [0.2, 0.25) is 0 Å². The van der Waals surface area contributed by atoms with E-state index in [2.05, 4.69) is 55.0 Å². The lowest BCUT2D eigenvalue weighted by Gasteiger charge is -2.28. The minimum absolute atomic E-state index is 0.408. The van der Waals surface area contributed by atoms with Crippen LogP contribution < -0.4 is 4.74 Å². The van der Waals surface area contributed by atoms with Gasteiger partial charge in [-0.25, -0.2) is 0 Å². The monoisotopic (exact) mass is 493 g/mol. The maximum atomic E-state index is 6.31. The number of hydrogen-bond acceptors (Lipinski definition) is 5. The smallest absolute Gasteiger partial charge is 0.227 e. The van der Waals surface area contributed by atoms with Crippen molar-refractivity contribution in [3.8, 4) is 11.4 Å². The molecule has 1 aliphatic rings. The van der Waals surface area contributed by atoms with E-state index in [1.54, 1.807) is 11.8 Å². The van der Waals surface area contributed by atoms with E-state index in [1.165, 1.54) is 0 Å². The summed E-state index contributed by atoms with van der Waals surface area (Å²) < 4.78 is 15.4. The summed E-state index contributed by atoms with van der Waals surface area (Å²) in [5, 5.41) is 9.55. The SMILES string of the molecule is Cc1nnc(SCc2cc(Br)cc3c2O[C@@H](c2ccccc2)OC3)n1-c1ccccc1. The third kappa shape index (κ3) is 4.26. The summed E-state index contributed by atoms with van der Waals surface area (Å²) in [6.07, 6.45) is -0.408. The van der Waals surface area contributed by atoms with Gasteiger partial charge in [-0.15, -0.1) is 10.2 Å². The number of ether oxygens (including phenoxy) is 2. The number of aromatic nitrogens is 3. The van der Waals surface area contributed by atoms with Crippen molar-refractivity contribution in [1.29, 1.82) is 0 Å². The van der Waals surface area contributed by atoms with Crippen molar-refractivity contribution in [1.82, 2.24) is 14.8 Å². The standard InChI is InChI=1S/C24H20BrN3O2S/c1-16-26-27-24(28(16)21-10-6-3-7-11-21)31-15-19-13-20(25)12-18-14-29-23(30-22(18)19)17-8-4-2-5-9-17/h2-13,23H,14-15H2,1H3/t23-/m0/s1. The molecule has 3 aromatic carbocycles. The van der Waals surface area contributed by atoms with Crippen molar-refractivity contribution < 1.29 is 9.47 Å². The second-order valence-electron chi connectivity index (χ2n) is 7.21. The Labute approximate surface area is 193 Å². The molecule has 0 spiro atoms. The number of halogens is 1. The van der Waals surface area contributed by atoms with E-state index < -0.39 is 6.29 Å². The number of rotatable bonds is 5. The van der Waals surface area contributed by atoms with Gasteiger partial charge in [0, 0.05) is 32.6 Å². The van der Waals surface area contributed by atoms with Gasteiger partial charge >= 0.3 is 0 Å². The Morgan fingerprint density at radius 3 is 2.55 bits per heavy atom. The molecular weight excluding hydrogens is 474 g/mol. The van der Waals surface area contributed by atoms with Gasteiger partial charge in [-0.05, 0) is 31.2 Å². The minimum Gasteiger partial charge on any atom is -0.460 e. The van der Waals surface area contributed by atoms with Crippen LogP contribution in [0.5, 0.6) is 5.75 Å². The van der Waals surface area contributed by atoms with Crippen molar-refractivity contribution >= 4 is 27.7 Å². The predicted octanol–water partition coefficient (Wildman–Crippen LogP) is 6.24. The molecule has 0 saturated heterocycles. The first-order chi connectivity index (χ1) is 15.2. The first-order valence-electron chi connectivity index (χ1n) is 9.94. The van der Waals surface area contributed by atoms with Gasteiger partial charge < -0.3 is 9.47 Å². The molecular formula is C24H20BrN3O2S. The van der Waals surface area contributed by atoms with E-state index in [0.717, 1.165) is 43.6 Å². The molecule has 0 aliphatic carbocycles. The maximum absolute atomic E-state index is 6.31. The number of nitrogens with zero attached hydrogens (tertiary/aromatic N) is 3. The molecule has 0 fully saturated rings. The minimum atomic E-state index is -0.408. The Morgan fingerprint density at radius 2 is 1.77 bits per heavy atom. The Hall–Kier alpha value is -2.61. The van der Waals surface area contributed by atoms with Gasteiger partial charge in [0.2, 0.25) is 6.29 Å². The van der Waals surface area contributed by atoms with Crippen LogP contribution in [-0.4, -0.2) is 14.8 Å². The lowest BCUT2D eigenvalue weighted by atomic mass is 10.1. The van der Waals surface area contributed by atoms with Crippen LogP contribution in [0.25, 0.3) is 5.69 Å². The first-order valence-corrected chi connectivity index (χ1v) is 11.7. The molecule has 5 rings (SSSR count). The summed E-state index contributed by atoms with van der Waals surface area (Å²) in [6, 6.07) is 24.4. The van der Waals surface area contributed by atoms with Crippen LogP contribution in [0.4, 0.5) is 0 Å². The molecule has 156 valence electrons. The highest BCUT2D eigenvalue weighted by atomic mass is 79.9. The zero-order valence-electron chi connectivity index (χ0n) is 16.9. The molecule has 5 nitrogen and oxygen atoms in total. The summed E-state index contributed by atoms with van der Waals surface area (Å²) in [5.41, 5.74) is 4.20. The van der Waals surface area contributed by atoms with Crippen molar-refractivity contribution in [2.24, 2.45) is 0 Å². The van der Waals surface area contributed by atoms with Gasteiger partial charge in [0.1, 0.15) is 11.6 Å². The highest BCUT2D eigenvalue weighted by Crippen LogP contribution is 2.40. The second-order valence-corrected chi connectivity index (χ2v) is 9.07. The van der Waals surface area contributed by atoms with Gasteiger partial charge in [-0.3, -0.25) is 4.57 Å². The van der Waals surface area contributed by atoms with Crippen LogP contribution in [-0.2, 0) is 17.1 Å². The maximum Gasteiger partial charge on any atom is 0.227 e. The average Bonchev–Trinajstić information content (AvgIpc) is 3.18. The molecule has 2 heterocycles. The van der Waals surface area contributed by atoms with E-state index in [1.807, 2.05) is 55.5 Å². The predicted molar refractivity (Wildman–Crippen MR) is 124 cm³/mol. The molecule has 0 bridgehead atoms. The van der Waals surface area contributed by atoms with Gasteiger partial charge in [0.15, 0.2) is 5.16 Å². The van der Waals surface area contributed by atoms with Crippen LogP contribution in [0, 0.1) is 6.92 Å². The van der Waals surface area contributed by atoms with Gasteiger partial charge in [0.25, 0.3) is 0 Å². The van der Waals surface area contributed by atoms with E-state index in [0.29, 0.717) is 12.4 Å². The lowest BCUT2D eigenvalue weighted by Crippen LogP contribution is -2.19. The van der Waals surface area contributed by atoms with Crippen molar-refractivity contribution in [3.05, 3.63) is 99.8 Å². The Kier molecular flexibility index (Phi) is 5.80. The third-order valence-electron chi connectivity index (χ3n) is 5.06. The normalized spacial score (nSPS) is 15.4. The fourth-order valence-corrected chi connectivity index (χ4v) is 5.13. The second kappa shape index (κ2) is 8.86. The van der Waals surface area contributed by atoms with Crippen LogP contribution in [0.1, 0.15) is 28.8 Å². The Balaban J connectivity index is 1.42. The molecule has 1 aromatic heterocycles. The number of thioether (sulfide) groups is 1. The summed E-state index contributed by atoms with van der Waals surface area (Å²) in [5.74, 6) is 2.45. The largest absolute Gasteiger partial charge is 0.460 e. The van der Waals surface area contributed by atoms with E-state index in [4.69, 9.17) is 9.47 Å². The number of aryl methyl sites for hydroxylation is 1. The van der Waals surface area contributed by atoms with E-state index in [9.17, 15) is 0 Å². The Bertz CT molecular complexity index is 1200. The lowest BCUT2D eigenvalue weighted by molar-refractivity contribution is -0.111. The van der Waals surface area contributed by atoms with E-state index >= 15 is 0 Å². The van der Waals surface area contributed by atoms with Crippen molar-refractivity contribution in [3.63, 3.8) is 0 Å². The van der Waals surface area contributed by atoms with E-state index in [-0.39, 0.29) is 0 Å². The molecule has 4 aromatic rings. The summed E-state index contributed by atoms with van der Waals surface area (Å²) in [4.78, 5) is 0. The summed E-state index contributed by atoms with van der Waals surface area (Å²) >= 11 is 5.27. The molecule has 7 heteroatoms. The number of hydrogen-bond donors (Lipinski definition) is 0. The van der Waals surface area contributed by atoms with Gasteiger partial charge in [-0.1, -0.05) is 76.2 Å². The molecule has 0 unspecified atom stereocenters. The number of benzene rings is 3. The summed E-state index contributed by atoms with van der Waals surface area (Å²) in [6.45, 7) is 2.47. The first kappa shape index (κ1) is 20.3. The fraction of sp³-hybridized carbons (Fsp3) is 0.167. The number of fused-ring (bicyclic) bond motifs is 1. The molecule has 1 atom stereocenters. The molecule has 0 N–H and O–H groups in total. The van der Waals surface area contributed by atoms with Crippen molar-refractivity contribution in [2.75, 3.05) is 0 Å². The highest BCUT2D eigenvalue weighted by molar-refractivity contribution is 9.10. The quantitative estimate of drug-likeness (QED) is 0.308. The average molecular weight is 494 g/mol. The third-order valence-corrected chi connectivity index (χ3v) is 6.50. The zero-order chi connectivity index (χ0) is 21.2. The van der Waals surface area contributed by atoms with Crippen LogP contribution in [0.15, 0.2) is 82.4 Å². The van der Waals surface area contributed by atoms with Crippen LogP contribution >= 0.6 is 27.7 Å². The molecule has 31 heavy (non-hydrogen) atoms. The van der Waals surface area contributed by atoms with Crippen molar-refractivity contribution in [2.45, 2.75) is 30.7 Å². The molecule has 0 saturated carbocycles. The topological polar surface area (TPSA) is 49.2 Å². The number of para-hydroxylation sites is 1. The molecule has 0 amide bonds. The zero-order valence-corrected chi connectivity index (χ0v) is 19.3. The molecule has 0 radical (unpaired) electrons.